The van der Waals surface area contributed by atoms with E-state index in [0.717, 1.165) is 0 Å². The Morgan fingerprint density at radius 1 is 0.611 bits per heavy atom. The van der Waals surface area contributed by atoms with Crippen molar-refractivity contribution in [2.75, 3.05) is 0 Å². The van der Waals surface area contributed by atoms with Crippen molar-refractivity contribution in [3.63, 3.8) is 0 Å². The summed E-state index contributed by atoms with van der Waals surface area (Å²) in [4.78, 5) is 40.2. The Balaban J connectivity index is -0.0000000720. The fourth-order valence-corrected chi connectivity index (χ4v) is 2.82. The molecule has 0 aliphatic heterocycles. The first-order valence-electron chi connectivity index (χ1n) is 2.28. The molecule has 18 heavy (non-hydrogen) atoms. The second-order valence-electron chi connectivity index (χ2n) is 1.61. The van der Waals surface area contributed by atoms with E-state index in [0.29, 0.717) is 0 Å². The third kappa shape index (κ3) is 26.8. The summed E-state index contributed by atoms with van der Waals surface area (Å²) in [6.07, 6.45) is 0. The van der Waals surface area contributed by atoms with Crippen LogP contribution in [0, 0.1) is 0 Å². The van der Waals surface area contributed by atoms with Gasteiger partial charge in [0.05, 0.1) is 0 Å². The van der Waals surface area contributed by atoms with E-state index in [1.807, 2.05) is 0 Å². The van der Waals surface area contributed by atoms with Crippen LogP contribution in [0.3, 0.4) is 0 Å². The van der Waals surface area contributed by atoms with Crippen LogP contribution in [0.2, 0.25) is 0 Å². The van der Waals surface area contributed by atoms with Crippen LogP contribution in [0.15, 0.2) is 0 Å². The zero-order valence-corrected chi connectivity index (χ0v) is 9.80. The number of hydrogen-bond donors (Lipinski definition) is 5. The van der Waals surface area contributed by atoms with Gasteiger partial charge in [0.1, 0.15) is 0 Å². The third-order valence-corrected chi connectivity index (χ3v) is 3.77. The molecular weight excluding hydrogens is 347 g/mol. The molecule has 0 radical (unpaired) electrons. The normalized spacial score (nSPS) is 10.5. The van der Waals surface area contributed by atoms with Gasteiger partial charge in [0.15, 0.2) is 0 Å². The van der Waals surface area contributed by atoms with E-state index >= 15 is 0 Å². The van der Waals surface area contributed by atoms with Crippen molar-refractivity contribution in [1.29, 1.82) is 0 Å². The van der Waals surface area contributed by atoms with Gasteiger partial charge in [-0.1, -0.05) is 0 Å². The maximum atomic E-state index is 10.4. The molecular formula is H13Na2O13P3. The Hall–Kier alpha value is 2.29. The molecule has 0 atom stereocenters. The summed E-state index contributed by atoms with van der Waals surface area (Å²) in [5.74, 6) is 0. The molecule has 0 aliphatic carbocycles. The first-order chi connectivity index (χ1) is 5.41. The van der Waals surface area contributed by atoms with Gasteiger partial charge in [0, 0.05) is 0 Å². The predicted molar refractivity (Wildman–Crippen MR) is 61.2 cm³/mol. The van der Waals surface area contributed by atoms with Crippen LogP contribution in [0.4, 0.5) is 0 Å². The molecule has 0 amide bonds. The second kappa shape index (κ2) is 13.0. The summed E-state index contributed by atoms with van der Waals surface area (Å²) < 4.78 is 36.4. The molecule has 0 aromatic rings. The summed E-state index contributed by atoms with van der Waals surface area (Å²) >= 11 is 0. The molecule has 18 heteroatoms. The summed E-state index contributed by atoms with van der Waals surface area (Å²) in [5, 5.41) is 0. The van der Waals surface area contributed by atoms with E-state index in [2.05, 4.69) is 8.62 Å². The average molecular weight is 360 g/mol. The summed E-state index contributed by atoms with van der Waals surface area (Å²) in [5.41, 5.74) is 0. The van der Waals surface area contributed by atoms with Crippen molar-refractivity contribution in [3.05, 3.63) is 0 Å². The Labute approximate surface area is 144 Å². The fraction of sp³-hybridized carbons (Fsp3) is 0. The minimum absolute atomic E-state index is 0. The van der Waals surface area contributed by atoms with Gasteiger partial charge in [-0.2, -0.15) is 8.62 Å². The molecule has 0 saturated carbocycles. The van der Waals surface area contributed by atoms with Crippen molar-refractivity contribution < 1.29 is 63.2 Å². The van der Waals surface area contributed by atoms with Crippen molar-refractivity contribution in [3.8, 4) is 0 Å². The quantitative estimate of drug-likeness (QED) is 0.237. The van der Waals surface area contributed by atoms with Crippen LogP contribution in [0.25, 0.3) is 0 Å². The number of phosphoric acid groups is 3. The zero-order chi connectivity index (χ0) is 10.9. The predicted octanol–water partition coefficient (Wildman–Crippen LogP) is -4.47. The van der Waals surface area contributed by atoms with E-state index in [1.54, 1.807) is 0 Å². The van der Waals surface area contributed by atoms with Crippen LogP contribution >= 0.6 is 23.5 Å². The van der Waals surface area contributed by atoms with Crippen molar-refractivity contribution >= 4 is 82.6 Å². The van der Waals surface area contributed by atoms with Gasteiger partial charge in [-0.05, 0) is 0 Å². The SMILES string of the molecule is O.O.O.O=P(O)(O)OP(=O)(O)OP(=O)(O)O.[NaH].[NaH]. The molecule has 0 aromatic heterocycles. The van der Waals surface area contributed by atoms with Gasteiger partial charge in [0.2, 0.25) is 0 Å². The molecule has 0 aliphatic rings. The monoisotopic (exact) mass is 360 g/mol. The first kappa shape index (κ1) is 37.0. The van der Waals surface area contributed by atoms with Crippen molar-refractivity contribution in [2.45, 2.75) is 0 Å². The molecule has 11 N–H and O–H groups in total. The molecule has 13 nitrogen and oxygen atoms in total. The molecule has 0 bridgehead atoms. The standard InChI is InChI=1S/2Na.H5O10P3.3H2O.2H/c;;1-11(2,3)9-13(7,8)10-12(4,5)6;;;;;/h;;(H,7,8)(H2,1,2,3)(H2,4,5,6);3*1H2;;. The molecule has 0 rings (SSSR count). The fourth-order valence-electron chi connectivity index (χ4n) is 0.284. The van der Waals surface area contributed by atoms with Crippen LogP contribution in [-0.4, -0.2) is 100 Å². The van der Waals surface area contributed by atoms with Crippen LogP contribution < -0.4 is 0 Å². The van der Waals surface area contributed by atoms with E-state index < -0.39 is 23.5 Å². The number of rotatable bonds is 4. The minimum atomic E-state index is -5.46. The molecule has 108 valence electrons. The second-order valence-corrected chi connectivity index (χ2v) is 5.82. The Morgan fingerprint density at radius 2 is 0.778 bits per heavy atom. The molecule has 0 fully saturated rings. The molecule has 0 unspecified atom stereocenters. The van der Waals surface area contributed by atoms with Gasteiger partial charge in [-0.3, -0.25) is 0 Å². The summed E-state index contributed by atoms with van der Waals surface area (Å²) in [6, 6.07) is 0. The van der Waals surface area contributed by atoms with E-state index in [1.165, 1.54) is 0 Å². The van der Waals surface area contributed by atoms with Crippen LogP contribution in [0.5, 0.6) is 0 Å². The Morgan fingerprint density at radius 3 is 0.889 bits per heavy atom. The Kier molecular flexibility index (Phi) is 26.7. The molecule has 0 aromatic carbocycles. The zero-order valence-electron chi connectivity index (χ0n) is 7.12. The first-order valence-corrected chi connectivity index (χ1v) is 6.83. The van der Waals surface area contributed by atoms with Crippen LogP contribution in [0.1, 0.15) is 0 Å². The summed E-state index contributed by atoms with van der Waals surface area (Å²) in [6.45, 7) is 0. The topological polar surface area (TPSA) is 265 Å². The van der Waals surface area contributed by atoms with Gasteiger partial charge in [-0.25, -0.2) is 13.7 Å². The van der Waals surface area contributed by atoms with Gasteiger partial charge >= 0.3 is 82.6 Å². The molecule has 0 heterocycles. The molecule has 0 saturated heterocycles. The number of hydrogen-bond acceptors (Lipinski definition) is 5. The van der Waals surface area contributed by atoms with E-state index in [-0.39, 0.29) is 75.5 Å². The van der Waals surface area contributed by atoms with Crippen molar-refractivity contribution in [2.24, 2.45) is 0 Å². The third-order valence-electron chi connectivity index (χ3n) is 0.419. The van der Waals surface area contributed by atoms with Crippen LogP contribution in [-0.2, 0) is 22.3 Å². The van der Waals surface area contributed by atoms with E-state index in [4.69, 9.17) is 24.5 Å². The maximum absolute atomic E-state index is 10.4. The van der Waals surface area contributed by atoms with Crippen molar-refractivity contribution in [1.82, 2.24) is 0 Å². The summed E-state index contributed by atoms with van der Waals surface area (Å²) in [7, 11) is -16.2. The van der Waals surface area contributed by atoms with E-state index in [9.17, 15) is 13.7 Å². The van der Waals surface area contributed by atoms with Gasteiger partial charge < -0.3 is 40.9 Å². The van der Waals surface area contributed by atoms with Gasteiger partial charge in [-0.15, -0.1) is 0 Å². The Bertz CT molecular complexity index is 282. The molecule has 0 spiro atoms. The average Bonchev–Trinajstić information content (AvgIpc) is 1.43. The van der Waals surface area contributed by atoms with Gasteiger partial charge in [0.25, 0.3) is 0 Å².